The van der Waals surface area contributed by atoms with Gasteiger partial charge in [-0.2, -0.15) is 0 Å². The zero-order valence-electron chi connectivity index (χ0n) is 5.63. The molecule has 1 N–H and O–H groups in total. The predicted octanol–water partition coefficient (Wildman–Crippen LogP) is 0.392. The van der Waals surface area contributed by atoms with E-state index in [1.54, 1.807) is 0 Å². The van der Waals surface area contributed by atoms with Gasteiger partial charge < -0.3 is 4.52 Å². The Morgan fingerprint density at radius 3 is 2.56 bits per heavy atom. The molecular formula is C4H11N2OPS. The predicted molar refractivity (Wildman–Crippen MR) is 41.9 cm³/mol. The van der Waals surface area contributed by atoms with Gasteiger partial charge >= 0.3 is 0 Å². The first kappa shape index (κ1) is 7.63. The fourth-order valence-corrected chi connectivity index (χ4v) is 2.47. The average molecular weight is 166 g/mol. The van der Waals surface area contributed by atoms with E-state index in [0.29, 0.717) is 0 Å². The molecule has 5 heteroatoms. The lowest BCUT2D eigenvalue weighted by atomic mass is 10.8. The van der Waals surface area contributed by atoms with Gasteiger partial charge in [-0.05, 0) is 25.9 Å². The van der Waals surface area contributed by atoms with Gasteiger partial charge in [0.05, 0.1) is 6.61 Å². The van der Waals surface area contributed by atoms with Gasteiger partial charge in [-0.25, -0.2) is 4.67 Å². The Kier molecular flexibility index (Phi) is 2.24. The van der Waals surface area contributed by atoms with Crippen molar-refractivity contribution < 1.29 is 4.52 Å². The van der Waals surface area contributed by atoms with Crippen molar-refractivity contribution in [2.24, 2.45) is 0 Å². The van der Waals surface area contributed by atoms with E-state index in [1.165, 1.54) is 0 Å². The summed E-state index contributed by atoms with van der Waals surface area (Å²) in [4.78, 5) is 0. The molecule has 1 rings (SSSR count). The van der Waals surface area contributed by atoms with Crippen molar-refractivity contribution in [3.8, 4) is 0 Å². The van der Waals surface area contributed by atoms with Gasteiger partial charge in [0.15, 0.2) is 6.57 Å². The van der Waals surface area contributed by atoms with Crippen LogP contribution in [0.15, 0.2) is 0 Å². The molecule has 54 valence electrons. The summed E-state index contributed by atoms with van der Waals surface area (Å²) >= 11 is 5.19. The maximum Gasteiger partial charge on any atom is 0.200 e. The van der Waals surface area contributed by atoms with Crippen molar-refractivity contribution in [2.75, 3.05) is 27.2 Å². The highest BCUT2D eigenvalue weighted by atomic mass is 32.5. The third-order valence-corrected chi connectivity index (χ3v) is 5.10. The van der Waals surface area contributed by atoms with Gasteiger partial charge in [0.25, 0.3) is 0 Å². The Bertz CT molecular complexity index is 140. The molecular weight excluding hydrogens is 155 g/mol. The smallest absolute Gasteiger partial charge is 0.200 e. The zero-order valence-corrected chi connectivity index (χ0v) is 7.34. The Balaban J connectivity index is 2.62. The molecule has 0 aromatic rings. The molecule has 1 aliphatic rings. The molecule has 1 saturated heterocycles. The molecule has 3 nitrogen and oxygen atoms in total. The van der Waals surface area contributed by atoms with Crippen LogP contribution in [0.3, 0.4) is 0 Å². The first-order valence-electron chi connectivity index (χ1n) is 2.83. The van der Waals surface area contributed by atoms with Crippen LogP contribution in [0.1, 0.15) is 0 Å². The summed E-state index contributed by atoms with van der Waals surface area (Å²) in [6.07, 6.45) is 0. The maximum absolute atomic E-state index is 5.34. The second kappa shape index (κ2) is 2.64. The summed E-state index contributed by atoms with van der Waals surface area (Å²) in [7, 11) is 3.89. The maximum atomic E-state index is 5.34. The monoisotopic (exact) mass is 166 g/mol. The second-order valence-corrected chi connectivity index (χ2v) is 6.01. The van der Waals surface area contributed by atoms with E-state index in [4.69, 9.17) is 16.3 Å². The molecule has 0 bridgehead atoms. The largest absolute Gasteiger partial charge is 0.326 e. The minimum absolute atomic E-state index is 0.759. The fourth-order valence-electron chi connectivity index (χ4n) is 0.659. The first-order valence-corrected chi connectivity index (χ1v) is 5.50. The van der Waals surface area contributed by atoms with E-state index >= 15 is 0 Å². The van der Waals surface area contributed by atoms with Crippen LogP contribution in [0.2, 0.25) is 0 Å². The number of nitrogens with zero attached hydrogens (tertiary/aromatic N) is 1. The minimum atomic E-state index is -1.73. The lowest BCUT2D eigenvalue weighted by molar-refractivity contribution is 0.371. The highest BCUT2D eigenvalue weighted by Crippen LogP contribution is 2.47. The van der Waals surface area contributed by atoms with Crippen LogP contribution in [-0.2, 0) is 16.3 Å². The molecule has 0 spiro atoms. The molecule has 1 fully saturated rings. The third-order valence-electron chi connectivity index (χ3n) is 1.21. The van der Waals surface area contributed by atoms with Crippen LogP contribution < -0.4 is 5.09 Å². The van der Waals surface area contributed by atoms with Crippen molar-refractivity contribution >= 4 is 18.4 Å². The molecule has 0 aromatic heterocycles. The van der Waals surface area contributed by atoms with Gasteiger partial charge in [0.1, 0.15) is 0 Å². The molecule has 0 amide bonds. The fraction of sp³-hybridized carbons (Fsp3) is 1.00. The molecule has 1 atom stereocenters. The summed E-state index contributed by atoms with van der Waals surface area (Å²) in [5, 5.41) is 3.16. The van der Waals surface area contributed by atoms with E-state index in [9.17, 15) is 0 Å². The summed E-state index contributed by atoms with van der Waals surface area (Å²) in [6.45, 7) is -0.0677. The summed E-state index contributed by atoms with van der Waals surface area (Å²) < 4.78 is 7.30. The minimum Gasteiger partial charge on any atom is -0.326 e. The summed E-state index contributed by atoms with van der Waals surface area (Å²) in [5.41, 5.74) is 0. The molecule has 9 heavy (non-hydrogen) atoms. The van der Waals surface area contributed by atoms with Gasteiger partial charge in [-0.1, -0.05) is 0 Å². The summed E-state index contributed by atoms with van der Waals surface area (Å²) in [6, 6.07) is 0. The standard InChI is InChI=1S/C4H11N2OPS/c1-6(2)8(9)5-3-4-7-8/h3-4H2,1-2H3,(H,5,9). The van der Waals surface area contributed by atoms with Crippen LogP contribution in [-0.4, -0.2) is 31.9 Å². The molecule has 1 heterocycles. The Morgan fingerprint density at radius 1 is 1.67 bits per heavy atom. The average Bonchev–Trinajstić information content (AvgIpc) is 2.16. The van der Waals surface area contributed by atoms with E-state index in [1.807, 2.05) is 18.8 Å². The zero-order chi connectivity index (χ0) is 6.91. The quantitative estimate of drug-likeness (QED) is 0.570. The molecule has 0 saturated carbocycles. The summed E-state index contributed by atoms with van der Waals surface area (Å²) in [5.74, 6) is 0. The normalized spacial score (nSPS) is 35.9. The number of rotatable bonds is 1. The van der Waals surface area contributed by atoms with E-state index < -0.39 is 6.57 Å². The van der Waals surface area contributed by atoms with Gasteiger partial charge in [-0.3, -0.25) is 5.09 Å². The lowest BCUT2D eigenvalue weighted by Crippen LogP contribution is -2.16. The Morgan fingerprint density at radius 2 is 2.33 bits per heavy atom. The van der Waals surface area contributed by atoms with Crippen molar-refractivity contribution in [3.63, 3.8) is 0 Å². The number of hydrogen-bond acceptors (Lipinski definition) is 2. The topological polar surface area (TPSA) is 24.5 Å². The van der Waals surface area contributed by atoms with Gasteiger partial charge in [0.2, 0.25) is 0 Å². The van der Waals surface area contributed by atoms with Crippen molar-refractivity contribution in [3.05, 3.63) is 0 Å². The molecule has 0 aromatic carbocycles. The highest BCUT2D eigenvalue weighted by molar-refractivity contribution is 8.10. The van der Waals surface area contributed by atoms with E-state index in [0.717, 1.165) is 13.2 Å². The molecule has 1 aliphatic heterocycles. The van der Waals surface area contributed by atoms with Gasteiger partial charge in [-0.15, -0.1) is 0 Å². The SMILES string of the molecule is CN(C)P1(=S)NCCO1. The Hall–Kier alpha value is 0.530. The Labute approximate surface area is 60.6 Å². The number of nitrogens with one attached hydrogen (secondary N) is 1. The van der Waals surface area contributed by atoms with Gasteiger partial charge in [0, 0.05) is 6.54 Å². The third kappa shape index (κ3) is 1.51. The number of hydrogen-bond donors (Lipinski definition) is 1. The molecule has 1 unspecified atom stereocenters. The van der Waals surface area contributed by atoms with Crippen LogP contribution in [0.25, 0.3) is 0 Å². The van der Waals surface area contributed by atoms with E-state index in [2.05, 4.69) is 5.09 Å². The van der Waals surface area contributed by atoms with Crippen molar-refractivity contribution in [1.29, 1.82) is 0 Å². The highest BCUT2D eigenvalue weighted by Gasteiger charge is 2.24. The van der Waals surface area contributed by atoms with Crippen LogP contribution in [0.5, 0.6) is 0 Å². The van der Waals surface area contributed by atoms with E-state index in [-0.39, 0.29) is 0 Å². The second-order valence-electron chi connectivity index (χ2n) is 2.11. The molecule has 0 radical (unpaired) electrons. The lowest BCUT2D eigenvalue weighted by Gasteiger charge is -2.21. The van der Waals surface area contributed by atoms with Crippen molar-refractivity contribution in [2.45, 2.75) is 0 Å². The first-order chi connectivity index (χ1) is 4.15. The molecule has 0 aliphatic carbocycles. The van der Waals surface area contributed by atoms with Crippen LogP contribution in [0, 0.1) is 0 Å². The van der Waals surface area contributed by atoms with Crippen molar-refractivity contribution in [1.82, 2.24) is 9.76 Å². The van der Waals surface area contributed by atoms with Crippen LogP contribution in [0.4, 0.5) is 0 Å². The van der Waals surface area contributed by atoms with Crippen LogP contribution >= 0.6 is 6.57 Å².